The smallest absolute Gasteiger partial charge is 0.286 e. The van der Waals surface area contributed by atoms with Crippen molar-refractivity contribution < 1.29 is 9.53 Å². The second kappa shape index (κ2) is 9.80. The number of amidine groups is 1. The lowest BCUT2D eigenvalue weighted by atomic mass is 9.98. The van der Waals surface area contributed by atoms with Crippen molar-refractivity contribution >= 4 is 40.3 Å². The van der Waals surface area contributed by atoms with E-state index in [1.165, 1.54) is 11.8 Å². The predicted octanol–water partition coefficient (Wildman–Crippen LogP) is 5.58. The lowest BCUT2D eigenvalue weighted by Crippen LogP contribution is -2.23. The number of carbonyl (C=O) groups is 1. The Bertz CT molecular complexity index is 1310. The average Bonchev–Trinajstić information content (AvgIpc) is 3.49. The summed E-state index contributed by atoms with van der Waals surface area (Å²) in [4.78, 5) is 19.8. The van der Waals surface area contributed by atoms with Crippen LogP contribution in [0, 0.1) is 0 Å². The summed E-state index contributed by atoms with van der Waals surface area (Å²) in [7, 11) is 5.66. The molecule has 0 radical (unpaired) electrons. The third-order valence-electron chi connectivity index (χ3n) is 6.03. The molecule has 3 aromatic rings. The minimum atomic E-state index is -0.237. The van der Waals surface area contributed by atoms with Gasteiger partial charge in [-0.05, 0) is 58.8 Å². The highest BCUT2D eigenvalue weighted by Gasteiger charge is 2.36. The highest BCUT2D eigenvalue weighted by molar-refractivity contribution is 8.18. The van der Waals surface area contributed by atoms with Gasteiger partial charge in [0.2, 0.25) is 0 Å². The van der Waals surface area contributed by atoms with Gasteiger partial charge in [-0.1, -0.05) is 54.6 Å². The quantitative estimate of drug-likeness (QED) is 0.444. The number of anilines is 1. The molecule has 6 nitrogen and oxygen atoms in total. The summed E-state index contributed by atoms with van der Waals surface area (Å²) in [6.45, 7) is 0. The zero-order valence-electron chi connectivity index (χ0n) is 19.9. The largest absolute Gasteiger partial charge is 0.497 e. The average molecular weight is 483 g/mol. The summed E-state index contributed by atoms with van der Waals surface area (Å²) in [5.41, 5.74) is 5.20. The third-order valence-corrected chi connectivity index (χ3v) is 7.00. The fourth-order valence-electron chi connectivity index (χ4n) is 4.09. The predicted molar refractivity (Wildman–Crippen MR) is 144 cm³/mol. The van der Waals surface area contributed by atoms with Gasteiger partial charge in [0.25, 0.3) is 5.91 Å². The van der Waals surface area contributed by atoms with Gasteiger partial charge >= 0.3 is 0 Å². The zero-order valence-corrected chi connectivity index (χ0v) is 20.7. The van der Waals surface area contributed by atoms with E-state index in [1.54, 1.807) is 7.11 Å². The first-order valence-electron chi connectivity index (χ1n) is 11.4. The van der Waals surface area contributed by atoms with Crippen LogP contribution in [0.1, 0.15) is 29.2 Å². The minimum Gasteiger partial charge on any atom is -0.497 e. The molecule has 0 unspecified atom stereocenters. The molecule has 2 heterocycles. The molecule has 0 fully saturated rings. The number of ether oxygens (including phenoxy) is 1. The number of hydrogen-bond donors (Lipinski definition) is 0. The number of benzene rings is 3. The summed E-state index contributed by atoms with van der Waals surface area (Å²) >= 11 is 1.37. The fraction of sp³-hybridized carbons (Fsp3) is 0.179. The molecule has 7 heteroatoms. The molecular weight excluding hydrogens is 456 g/mol. The topological polar surface area (TPSA) is 57.5 Å². The molecule has 1 amide bonds. The van der Waals surface area contributed by atoms with Gasteiger partial charge in [-0.25, -0.2) is 5.01 Å². The van der Waals surface area contributed by atoms with Crippen molar-refractivity contribution in [3.63, 3.8) is 0 Å². The third kappa shape index (κ3) is 4.86. The van der Waals surface area contributed by atoms with Gasteiger partial charge in [0.1, 0.15) is 5.75 Å². The van der Waals surface area contributed by atoms with Gasteiger partial charge in [-0.15, -0.1) is 0 Å². The monoisotopic (exact) mass is 482 g/mol. The normalized spacial score (nSPS) is 18.6. The Morgan fingerprint density at radius 3 is 2.37 bits per heavy atom. The Labute approximate surface area is 209 Å². The summed E-state index contributed by atoms with van der Waals surface area (Å²) in [6, 6.07) is 26.2. The second-order valence-electron chi connectivity index (χ2n) is 8.55. The number of hydrogen-bond acceptors (Lipinski definition) is 6. The Morgan fingerprint density at radius 2 is 1.71 bits per heavy atom. The molecule has 0 aromatic heterocycles. The summed E-state index contributed by atoms with van der Waals surface area (Å²) in [5.74, 6) is 0.564. The van der Waals surface area contributed by atoms with Crippen LogP contribution < -0.4 is 9.64 Å². The molecule has 1 atom stereocenters. The SMILES string of the molecule is COc1ccc([C@H]2CC(c3ccccc3)=NN2C2=NC(=O)/C(=C/c3ccc(N(C)C)cc3)S2)cc1. The van der Waals surface area contributed by atoms with Crippen molar-refractivity contribution in [1.29, 1.82) is 0 Å². The number of methoxy groups -OCH3 is 1. The Hall–Kier alpha value is -3.84. The van der Waals surface area contributed by atoms with E-state index in [9.17, 15) is 4.79 Å². The van der Waals surface area contributed by atoms with Crippen LogP contribution in [0.25, 0.3) is 6.08 Å². The molecule has 0 saturated carbocycles. The van der Waals surface area contributed by atoms with E-state index in [2.05, 4.69) is 17.1 Å². The summed E-state index contributed by atoms with van der Waals surface area (Å²) < 4.78 is 5.33. The van der Waals surface area contributed by atoms with E-state index in [0.717, 1.165) is 40.3 Å². The van der Waals surface area contributed by atoms with Gasteiger partial charge in [0.15, 0.2) is 5.17 Å². The molecule has 0 spiro atoms. The van der Waals surface area contributed by atoms with E-state index in [1.807, 2.05) is 96.8 Å². The van der Waals surface area contributed by atoms with Crippen LogP contribution in [0.2, 0.25) is 0 Å². The Balaban J connectivity index is 1.44. The number of nitrogens with zero attached hydrogens (tertiary/aromatic N) is 4. The molecule has 2 aliphatic rings. The van der Waals surface area contributed by atoms with Gasteiger partial charge < -0.3 is 9.64 Å². The van der Waals surface area contributed by atoms with Crippen LogP contribution in [0.3, 0.4) is 0 Å². The lowest BCUT2D eigenvalue weighted by molar-refractivity contribution is -0.113. The van der Waals surface area contributed by atoms with Crippen molar-refractivity contribution in [3.8, 4) is 5.75 Å². The van der Waals surface area contributed by atoms with E-state index in [4.69, 9.17) is 9.84 Å². The maximum atomic E-state index is 12.8. The summed E-state index contributed by atoms with van der Waals surface area (Å²) in [5, 5.41) is 7.42. The Kier molecular flexibility index (Phi) is 6.42. The number of aliphatic imine (C=N–C) groups is 1. The van der Waals surface area contributed by atoms with E-state index in [-0.39, 0.29) is 11.9 Å². The zero-order chi connectivity index (χ0) is 24.4. The van der Waals surface area contributed by atoms with Gasteiger partial charge in [-0.3, -0.25) is 4.79 Å². The van der Waals surface area contributed by atoms with Gasteiger partial charge in [-0.2, -0.15) is 10.1 Å². The number of carbonyl (C=O) groups excluding carboxylic acids is 1. The molecule has 3 aromatic carbocycles. The highest BCUT2D eigenvalue weighted by atomic mass is 32.2. The van der Waals surface area contributed by atoms with Crippen molar-refractivity contribution in [2.45, 2.75) is 12.5 Å². The van der Waals surface area contributed by atoms with Crippen LogP contribution in [0.4, 0.5) is 5.69 Å². The van der Waals surface area contributed by atoms with Crippen molar-refractivity contribution in [2.75, 3.05) is 26.1 Å². The number of amides is 1. The number of thioether (sulfide) groups is 1. The molecule has 0 saturated heterocycles. The minimum absolute atomic E-state index is 0.0612. The first kappa shape index (κ1) is 22.9. The van der Waals surface area contributed by atoms with Crippen molar-refractivity contribution in [3.05, 3.63) is 100 Å². The van der Waals surface area contributed by atoms with Crippen LogP contribution in [0.15, 0.2) is 93.9 Å². The van der Waals surface area contributed by atoms with Crippen molar-refractivity contribution in [2.24, 2.45) is 10.1 Å². The first-order chi connectivity index (χ1) is 17.0. The molecule has 35 heavy (non-hydrogen) atoms. The van der Waals surface area contributed by atoms with Crippen LogP contribution in [0.5, 0.6) is 5.75 Å². The van der Waals surface area contributed by atoms with Crippen LogP contribution in [-0.2, 0) is 4.79 Å². The van der Waals surface area contributed by atoms with Crippen LogP contribution >= 0.6 is 11.8 Å². The number of hydrazone groups is 1. The lowest BCUT2D eigenvalue weighted by Gasteiger charge is -2.22. The molecule has 176 valence electrons. The Morgan fingerprint density at radius 1 is 1.00 bits per heavy atom. The standard InChI is InChI=1S/C28H26N4O2S/c1-31(2)22-13-9-19(10-14-22)17-26-27(33)29-28(35-26)32-25(21-11-15-23(34-3)16-12-21)18-24(30-32)20-7-5-4-6-8-20/h4-17,25H,18H2,1-3H3/b26-17-/t25-/m1/s1. The van der Waals surface area contributed by atoms with E-state index < -0.39 is 0 Å². The molecule has 2 aliphatic heterocycles. The first-order valence-corrected chi connectivity index (χ1v) is 12.2. The highest BCUT2D eigenvalue weighted by Crippen LogP contribution is 2.40. The maximum Gasteiger partial charge on any atom is 0.286 e. The van der Waals surface area contributed by atoms with Gasteiger partial charge in [0.05, 0.1) is 23.8 Å². The maximum absolute atomic E-state index is 12.8. The summed E-state index contributed by atoms with van der Waals surface area (Å²) in [6.07, 6.45) is 2.61. The molecule has 0 aliphatic carbocycles. The fourth-order valence-corrected chi connectivity index (χ4v) is 5.01. The number of rotatable bonds is 5. The van der Waals surface area contributed by atoms with Gasteiger partial charge in [0, 0.05) is 26.2 Å². The molecule has 5 rings (SSSR count). The van der Waals surface area contributed by atoms with Crippen LogP contribution in [-0.4, -0.2) is 43.0 Å². The molecule has 0 bridgehead atoms. The molecule has 0 N–H and O–H groups in total. The second-order valence-corrected chi connectivity index (χ2v) is 9.56. The van der Waals surface area contributed by atoms with E-state index in [0.29, 0.717) is 10.1 Å². The van der Waals surface area contributed by atoms with E-state index >= 15 is 0 Å². The molecular formula is C28H26N4O2S. The van der Waals surface area contributed by atoms with Crippen molar-refractivity contribution in [1.82, 2.24) is 5.01 Å².